The van der Waals surface area contributed by atoms with Crippen LogP contribution in [-0.4, -0.2) is 0 Å². The van der Waals surface area contributed by atoms with Crippen molar-refractivity contribution in [1.29, 1.82) is 0 Å². The molecule has 0 atom stereocenters. The van der Waals surface area contributed by atoms with Crippen molar-refractivity contribution in [3.05, 3.63) is 224 Å². The summed E-state index contributed by atoms with van der Waals surface area (Å²) in [5, 5.41) is 2.64. The summed E-state index contributed by atoms with van der Waals surface area (Å²) in [6.45, 7) is 0. The van der Waals surface area contributed by atoms with Crippen LogP contribution >= 0.6 is 11.3 Å². The lowest BCUT2D eigenvalue weighted by atomic mass is 9.87. The highest BCUT2D eigenvalue weighted by molar-refractivity contribution is 7.25. The second-order valence-electron chi connectivity index (χ2n) is 14.1. The number of thiophene rings is 1. The van der Waals surface area contributed by atoms with Gasteiger partial charge in [-0.1, -0.05) is 188 Å². The molecule has 10 rings (SSSR count). The fourth-order valence-electron chi connectivity index (χ4n) is 8.09. The molecular weight excluding hydrogens is 695 g/mol. The highest BCUT2D eigenvalue weighted by Gasteiger charge is 2.24. The van der Waals surface area contributed by atoms with Gasteiger partial charge >= 0.3 is 0 Å². The SMILES string of the molecule is c1ccc(-c2ccccc2-c2c(-c3ccccc3)cccc2N(c2ccc(-c3ccc4c(c3)sc3ccccc34)cc2)c2ccccc2-c2ccccc2)cc1. The number of hydrogen-bond donors (Lipinski definition) is 0. The monoisotopic (exact) mass is 731 g/mol. The van der Waals surface area contributed by atoms with Crippen molar-refractivity contribution in [3.63, 3.8) is 0 Å². The van der Waals surface area contributed by atoms with Crippen molar-refractivity contribution in [1.82, 2.24) is 0 Å². The van der Waals surface area contributed by atoms with E-state index >= 15 is 0 Å². The topological polar surface area (TPSA) is 3.24 Å². The first-order valence-corrected chi connectivity index (χ1v) is 19.9. The smallest absolute Gasteiger partial charge is 0.0546 e. The van der Waals surface area contributed by atoms with Crippen LogP contribution in [0.15, 0.2) is 224 Å². The third-order valence-corrected chi connectivity index (χ3v) is 11.9. The first-order chi connectivity index (χ1) is 27.8. The van der Waals surface area contributed by atoms with E-state index in [1.165, 1.54) is 75.8 Å². The number of fused-ring (bicyclic) bond motifs is 3. The van der Waals surface area contributed by atoms with Gasteiger partial charge in [0.2, 0.25) is 0 Å². The molecule has 10 aromatic rings. The lowest BCUT2D eigenvalue weighted by Gasteiger charge is -2.31. The number of anilines is 3. The second kappa shape index (κ2) is 14.7. The van der Waals surface area contributed by atoms with E-state index in [0.29, 0.717) is 0 Å². The van der Waals surface area contributed by atoms with E-state index in [-0.39, 0.29) is 0 Å². The zero-order chi connectivity index (χ0) is 37.3. The van der Waals surface area contributed by atoms with E-state index in [4.69, 9.17) is 0 Å². The van der Waals surface area contributed by atoms with Crippen LogP contribution in [0.3, 0.4) is 0 Å². The zero-order valence-electron chi connectivity index (χ0n) is 30.7. The lowest BCUT2D eigenvalue weighted by Crippen LogP contribution is -2.13. The van der Waals surface area contributed by atoms with Gasteiger partial charge < -0.3 is 4.90 Å². The van der Waals surface area contributed by atoms with Gasteiger partial charge in [-0.15, -0.1) is 11.3 Å². The molecule has 0 aliphatic heterocycles. The molecule has 0 fully saturated rings. The predicted octanol–water partition coefficient (Wildman–Crippen LogP) is 15.9. The van der Waals surface area contributed by atoms with Crippen LogP contribution in [0.4, 0.5) is 17.1 Å². The van der Waals surface area contributed by atoms with Gasteiger partial charge in [-0.2, -0.15) is 0 Å². The maximum atomic E-state index is 2.46. The minimum Gasteiger partial charge on any atom is -0.309 e. The number of rotatable bonds is 8. The van der Waals surface area contributed by atoms with Crippen LogP contribution in [0, 0.1) is 0 Å². The molecule has 0 N–H and O–H groups in total. The first-order valence-electron chi connectivity index (χ1n) is 19.1. The summed E-state index contributed by atoms with van der Waals surface area (Å²) in [5.74, 6) is 0. The molecule has 264 valence electrons. The van der Waals surface area contributed by atoms with Gasteiger partial charge in [-0.25, -0.2) is 0 Å². The molecule has 1 heterocycles. The summed E-state index contributed by atoms with van der Waals surface area (Å²) in [6, 6.07) is 81.4. The van der Waals surface area contributed by atoms with E-state index in [1.807, 2.05) is 11.3 Å². The molecule has 0 amide bonds. The second-order valence-corrected chi connectivity index (χ2v) is 15.1. The van der Waals surface area contributed by atoms with Crippen molar-refractivity contribution in [2.24, 2.45) is 0 Å². The third-order valence-electron chi connectivity index (χ3n) is 10.7. The number of para-hydroxylation sites is 1. The van der Waals surface area contributed by atoms with Gasteiger partial charge in [0.05, 0.1) is 11.4 Å². The van der Waals surface area contributed by atoms with Crippen molar-refractivity contribution in [2.75, 3.05) is 4.90 Å². The number of hydrogen-bond acceptors (Lipinski definition) is 2. The molecule has 0 saturated heterocycles. The summed E-state index contributed by atoms with van der Waals surface area (Å²) < 4.78 is 2.63. The minimum absolute atomic E-state index is 1.09. The number of benzene rings is 9. The molecule has 9 aromatic carbocycles. The Morgan fingerprint density at radius 3 is 1.50 bits per heavy atom. The summed E-state index contributed by atoms with van der Waals surface area (Å²) in [5.41, 5.74) is 15.2. The van der Waals surface area contributed by atoms with Gasteiger partial charge in [0.15, 0.2) is 0 Å². The van der Waals surface area contributed by atoms with Crippen molar-refractivity contribution >= 4 is 48.6 Å². The Balaban J connectivity index is 1.20. The van der Waals surface area contributed by atoms with E-state index < -0.39 is 0 Å². The molecule has 0 unspecified atom stereocenters. The van der Waals surface area contributed by atoms with Crippen LogP contribution in [0.5, 0.6) is 0 Å². The van der Waals surface area contributed by atoms with Crippen LogP contribution in [-0.2, 0) is 0 Å². The summed E-state index contributed by atoms with van der Waals surface area (Å²) in [7, 11) is 0. The van der Waals surface area contributed by atoms with Gasteiger partial charge in [0.25, 0.3) is 0 Å². The van der Waals surface area contributed by atoms with E-state index in [1.54, 1.807) is 0 Å². The molecule has 0 bridgehead atoms. The Hall–Kier alpha value is -7.00. The molecular formula is C54H37NS. The Kier molecular flexibility index (Phi) is 8.79. The van der Waals surface area contributed by atoms with E-state index in [9.17, 15) is 0 Å². The Labute approximate surface area is 332 Å². The van der Waals surface area contributed by atoms with Crippen LogP contribution < -0.4 is 4.90 Å². The van der Waals surface area contributed by atoms with Gasteiger partial charge in [-0.3, -0.25) is 0 Å². The van der Waals surface area contributed by atoms with E-state index in [2.05, 4.69) is 229 Å². The molecule has 1 aromatic heterocycles. The Bertz CT molecular complexity index is 2950. The Morgan fingerprint density at radius 2 is 0.786 bits per heavy atom. The minimum atomic E-state index is 1.09. The van der Waals surface area contributed by atoms with Crippen molar-refractivity contribution in [3.8, 4) is 55.6 Å². The van der Waals surface area contributed by atoms with Crippen LogP contribution in [0.1, 0.15) is 0 Å². The van der Waals surface area contributed by atoms with Crippen molar-refractivity contribution in [2.45, 2.75) is 0 Å². The third kappa shape index (κ3) is 6.17. The Morgan fingerprint density at radius 1 is 0.286 bits per heavy atom. The number of nitrogens with zero attached hydrogens (tertiary/aromatic N) is 1. The largest absolute Gasteiger partial charge is 0.309 e. The molecule has 0 radical (unpaired) electrons. The summed E-state index contributed by atoms with van der Waals surface area (Å²) in [6.07, 6.45) is 0. The quantitative estimate of drug-likeness (QED) is 0.150. The molecule has 2 heteroatoms. The molecule has 0 aliphatic rings. The molecule has 56 heavy (non-hydrogen) atoms. The fourth-order valence-corrected chi connectivity index (χ4v) is 9.23. The van der Waals surface area contributed by atoms with Gasteiger partial charge in [0, 0.05) is 37.0 Å². The molecule has 0 aliphatic carbocycles. The standard InChI is InChI=1S/C54H37NS/c1-4-17-39(18-5-1)44-23-10-11-26-49(44)54-46(41-21-8-3-9-22-41)27-16-29-51(54)55(50-28-14-12-24-45(50)40-19-6-2-7-20-40)43-34-31-38(32-35-43)42-33-36-48-47-25-13-15-30-52(47)56-53(48)37-42/h1-37H. The lowest BCUT2D eigenvalue weighted by molar-refractivity contribution is 1.28. The van der Waals surface area contributed by atoms with Gasteiger partial charge in [-0.05, 0) is 80.9 Å². The highest BCUT2D eigenvalue weighted by Crippen LogP contribution is 2.50. The van der Waals surface area contributed by atoms with E-state index in [0.717, 1.165) is 17.1 Å². The average molecular weight is 732 g/mol. The predicted molar refractivity (Wildman–Crippen MR) is 241 cm³/mol. The normalized spacial score (nSPS) is 11.2. The maximum Gasteiger partial charge on any atom is 0.0546 e. The average Bonchev–Trinajstić information content (AvgIpc) is 3.66. The summed E-state index contributed by atoms with van der Waals surface area (Å²) in [4.78, 5) is 2.46. The summed E-state index contributed by atoms with van der Waals surface area (Å²) >= 11 is 1.86. The van der Waals surface area contributed by atoms with Crippen molar-refractivity contribution < 1.29 is 0 Å². The van der Waals surface area contributed by atoms with Crippen LogP contribution in [0.2, 0.25) is 0 Å². The first kappa shape index (κ1) is 33.6. The van der Waals surface area contributed by atoms with Crippen LogP contribution in [0.25, 0.3) is 75.8 Å². The zero-order valence-corrected chi connectivity index (χ0v) is 31.5. The fraction of sp³-hybridized carbons (Fsp3) is 0. The molecule has 0 saturated carbocycles. The van der Waals surface area contributed by atoms with Gasteiger partial charge in [0.1, 0.15) is 0 Å². The highest BCUT2D eigenvalue weighted by atomic mass is 32.1. The molecule has 0 spiro atoms. The maximum absolute atomic E-state index is 2.46. The molecule has 1 nitrogen and oxygen atoms in total.